The normalized spacial score (nSPS) is 11.3. The van der Waals surface area contributed by atoms with Gasteiger partial charge >= 0.3 is 0 Å². The van der Waals surface area contributed by atoms with Gasteiger partial charge in [0, 0.05) is 36.8 Å². The third kappa shape index (κ3) is 5.56. The van der Waals surface area contributed by atoms with Gasteiger partial charge < -0.3 is 4.90 Å². The van der Waals surface area contributed by atoms with Crippen molar-refractivity contribution < 1.29 is 0 Å². The molecule has 10 aromatic rings. The molecule has 254 valence electrons. The fourth-order valence-electron chi connectivity index (χ4n) is 8.05. The Bertz CT molecular complexity index is 2930. The maximum Gasteiger partial charge on any atom is 0.0540 e. The minimum atomic E-state index is 1.10. The molecule has 0 amide bonds. The molecule has 0 aliphatic heterocycles. The molecular weight excluding hydrogens is 671 g/mol. The predicted octanol–water partition coefficient (Wildman–Crippen LogP) is 15.3. The molecule has 0 unspecified atom stereocenters. The predicted molar refractivity (Wildman–Crippen MR) is 233 cm³/mol. The van der Waals surface area contributed by atoms with E-state index in [9.17, 15) is 0 Å². The van der Waals surface area contributed by atoms with Crippen LogP contribution in [0.2, 0.25) is 0 Å². The number of hydrogen-bond acceptors (Lipinski definition) is 2. The zero-order valence-corrected chi connectivity index (χ0v) is 30.4. The molecule has 0 aliphatic carbocycles. The van der Waals surface area contributed by atoms with Crippen LogP contribution < -0.4 is 4.90 Å². The Kier molecular flexibility index (Phi) is 8.09. The van der Waals surface area contributed by atoms with Gasteiger partial charge in [0.1, 0.15) is 0 Å². The van der Waals surface area contributed by atoms with E-state index in [1.165, 1.54) is 75.5 Å². The molecule has 9 aromatic carbocycles. The number of benzene rings is 9. The van der Waals surface area contributed by atoms with Crippen LogP contribution in [0.5, 0.6) is 0 Å². The van der Waals surface area contributed by atoms with Gasteiger partial charge in [0.15, 0.2) is 0 Å². The summed E-state index contributed by atoms with van der Waals surface area (Å²) in [7, 11) is 0. The molecule has 1 heterocycles. The van der Waals surface area contributed by atoms with Gasteiger partial charge in [-0.1, -0.05) is 176 Å². The molecule has 0 saturated carbocycles. The van der Waals surface area contributed by atoms with Gasteiger partial charge in [-0.25, -0.2) is 0 Å². The Hall–Kier alpha value is -6.74. The SMILES string of the molecule is c1ccc(-c2ccccc2-c2ccccc2-c2ccccc2N(c2ccc(-c3cccc4sc5ccccc5c34)cc2)c2cccc3ccccc23)cc1. The second kappa shape index (κ2) is 13.7. The summed E-state index contributed by atoms with van der Waals surface area (Å²) in [5, 5.41) is 5.06. The zero-order valence-electron chi connectivity index (χ0n) is 29.6. The summed E-state index contributed by atoms with van der Waals surface area (Å²) in [6.45, 7) is 0. The van der Waals surface area contributed by atoms with Crippen molar-refractivity contribution in [2.75, 3.05) is 4.90 Å². The molecule has 2 heteroatoms. The Morgan fingerprint density at radius 1 is 0.296 bits per heavy atom. The first-order chi connectivity index (χ1) is 26.8. The second-order valence-corrected chi connectivity index (χ2v) is 14.7. The van der Waals surface area contributed by atoms with Crippen molar-refractivity contribution in [3.05, 3.63) is 212 Å². The first-order valence-electron chi connectivity index (χ1n) is 18.4. The average Bonchev–Trinajstić information content (AvgIpc) is 3.64. The van der Waals surface area contributed by atoms with Crippen LogP contribution in [0.25, 0.3) is 75.5 Å². The number of hydrogen-bond donors (Lipinski definition) is 0. The molecule has 1 aromatic heterocycles. The lowest BCUT2D eigenvalue weighted by Crippen LogP contribution is -2.12. The Morgan fingerprint density at radius 2 is 0.796 bits per heavy atom. The molecule has 0 atom stereocenters. The summed E-state index contributed by atoms with van der Waals surface area (Å²) in [6, 6.07) is 77.1. The van der Waals surface area contributed by atoms with Crippen LogP contribution in [0.4, 0.5) is 17.1 Å². The molecule has 54 heavy (non-hydrogen) atoms. The summed E-state index contributed by atoms with van der Waals surface area (Å²) in [5.74, 6) is 0. The smallest absolute Gasteiger partial charge is 0.0540 e. The molecule has 0 aliphatic rings. The molecule has 0 radical (unpaired) electrons. The highest BCUT2D eigenvalue weighted by atomic mass is 32.1. The van der Waals surface area contributed by atoms with E-state index in [1.54, 1.807) is 0 Å². The van der Waals surface area contributed by atoms with Crippen LogP contribution in [0.3, 0.4) is 0 Å². The molecule has 0 spiro atoms. The van der Waals surface area contributed by atoms with Gasteiger partial charge in [0.25, 0.3) is 0 Å². The van der Waals surface area contributed by atoms with Crippen LogP contribution in [0, 0.1) is 0 Å². The largest absolute Gasteiger partial charge is 0.309 e. The lowest BCUT2D eigenvalue weighted by Gasteiger charge is -2.29. The maximum atomic E-state index is 2.45. The second-order valence-electron chi connectivity index (χ2n) is 13.6. The van der Waals surface area contributed by atoms with E-state index >= 15 is 0 Å². The summed E-state index contributed by atoms with van der Waals surface area (Å²) < 4.78 is 2.64. The Balaban J connectivity index is 1.17. The third-order valence-electron chi connectivity index (χ3n) is 10.5. The fourth-order valence-corrected chi connectivity index (χ4v) is 9.19. The molecule has 0 bridgehead atoms. The van der Waals surface area contributed by atoms with E-state index in [0.29, 0.717) is 0 Å². The summed E-state index contributed by atoms with van der Waals surface area (Å²) >= 11 is 1.86. The van der Waals surface area contributed by atoms with Crippen molar-refractivity contribution in [2.24, 2.45) is 0 Å². The van der Waals surface area contributed by atoms with Crippen LogP contribution >= 0.6 is 11.3 Å². The maximum absolute atomic E-state index is 2.45. The van der Waals surface area contributed by atoms with E-state index in [1.807, 2.05) is 11.3 Å². The van der Waals surface area contributed by atoms with E-state index in [2.05, 4.69) is 217 Å². The first kappa shape index (κ1) is 32.0. The quantitative estimate of drug-likeness (QED) is 0.160. The molecule has 0 saturated heterocycles. The summed E-state index contributed by atoms with van der Waals surface area (Å²) in [5.41, 5.74) is 13.0. The molecule has 10 rings (SSSR count). The number of fused-ring (bicyclic) bond motifs is 4. The lowest BCUT2D eigenvalue weighted by atomic mass is 9.88. The topological polar surface area (TPSA) is 3.24 Å². The Labute approximate surface area is 319 Å². The molecule has 0 fully saturated rings. The van der Waals surface area contributed by atoms with Gasteiger partial charge in [0.2, 0.25) is 0 Å². The highest BCUT2D eigenvalue weighted by Crippen LogP contribution is 2.47. The number of thiophene rings is 1. The van der Waals surface area contributed by atoms with Gasteiger partial charge in [-0.05, 0) is 80.7 Å². The van der Waals surface area contributed by atoms with E-state index < -0.39 is 0 Å². The first-order valence-corrected chi connectivity index (χ1v) is 19.3. The number of para-hydroxylation sites is 1. The van der Waals surface area contributed by atoms with Gasteiger partial charge in [0.05, 0.1) is 11.4 Å². The van der Waals surface area contributed by atoms with Gasteiger partial charge in [-0.15, -0.1) is 11.3 Å². The van der Waals surface area contributed by atoms with Crippen LogP contribution in [-0.2, 0) is 0 Å². The van der Waals surface area contributed by atoms with Crippen LogP contribution in [0.15, 0.2) is 212 Å². The lowest BCUT2D eigenvalue weighted by molar-refractivity contribution is 1.30. The van der Waals surface area contributed by atoms with E-state index in [-0.39, 0.29) is 0 Å². The average molecular weight is 706 g/mol. The van der Waals surface area contributed by atoms with Gasteiger partial charge in [-0.2, -0.15) is 0 Å². The standard InChI is InChI=1S/C52H35NS/c1-2-16-36(17-3-1)40-20-6-7-22-43(40)44-23-8-9-24-45(44)46-25-10-12-28-49(46)53(48-29-14-19-37-18-4-5-21-41(37)48)39-34-32-38(33-35-39)42-27-15-31-51-52(42)47-26-11-13-30-50(47)54-51/h1-35H. The number of anilines is 3. The molecular formula is C52H35NS. The molecule has 0 N–H and O–H groups in total. The van der Waals surface area contributed by atoms with Crippen LogP contribution in [0.1, 0.15) is 0 Å². The minimum absolute atomic E-state index is 1.10. The van der Waals surface area contributed by atoms with E-state index in [0.717, 1.165) is 17.1 Å². The van der Waals surface area contributed by atoms with Crippen molar-refractivity contribution in [3.63, 3.8) is 0 Å². The zero-order chi connectivity index (χ0) is 35.8. The summed E-state index contributed by atoms with van der Waals surface area (Å²) in [4.78, 5) is 2.45. The highest BCUT2D eigenvalue weighted by molar-refractivity contribution is 7.25. The third-order valence-corrected chi connectivity index (χ3v) is 11.6. The fraction of sp³-hybridized carbons (Fsp3) is 0. The summed E-state index contributed by atoms with van der Waals surface area (Å²) in [6.07, 6.45) is 0. The van der Waals surface area contributed by atoms with Crippen molar-refractivity contribution in [1.29, 1.82) is 0 Å². The minimum Gasteiger partial charge on any atom is -0.309 e. The van der Waals surface area contributed by atoms with Crippen molar-refractivity contribution >= 4 is 59.3 Å². The van der Waals surface area contributed by atoms with Crippen molar-refractivity contribution in [2.45, 2.75) is 0 Å². The molecule has 1 nitrogen and oxygen atoms in total. The number of rotatable bonds is 7. The monoisotopic (exact) mass is 705 g/mol. The number of nitrogens with zero attached hydrogens (tertiary/aromatic N) is 1. The van der Waals surface area contributed by atoms with E-state index in [4.69, 9.17) is 0 Å². The van der Waals surface area contributed by atoms with Gasteiger partial charge in [-0.3, -0.25) is 0 Å². The van der Waals surface area contributed by atoms with Crippen LogP contribution in [-0.4, -0.2) is 0 Å². The Morgan fingerprint density at radius 3 is 1.59 bits per heavy atom. The van der Waals surface area contributed by atoms with Crippen molar-refractivity contribution in [1.82, 2.24) is 0 Å². The van der Waals surface area contributed by atoms with Crippen molar-refractivity contribution in [3.8, 4) is 44.5 Å². The highest BCUT2D eigenvalue weighted by Gasteiger charge is 2.22.